The van der Waals surface area contributed by atoms with Crippen LogP contribution in [0.2, 0.25) is 0 Å². The van der Waals surface area contributed by atoms with Crippen LogP contribution in [-0.4, -0.2) is 36.6 Å². The molecule has 118 valence electrons. The molecule has 1 aromatic heterocycles. The molecule has 9 heteroatoms. The summed E-state index contributed by atoms with van der Waals surface area (Å²) >= 11 is 0. The first-order valence-corrected chi connectivity index (χ1v) is 7.97. The Morgan fingerprint density at radius 3 is 2.55 bits per heavy atom. The number of carbonyl (C=O) groups is 1. The predicted molar refractivity (Wildman–Crippen MR) is 73.7 cm³/mol. The molecule has 22 heavy (non-hydrogen) atoms. The molecule has 1 amide bonds. The van der Waals surface area contributed by atoms with E-state index in [0.29, 0.717) is 0 Å². The van der Waals surface area contributed by atoms with Gasteiger partial charge in [0.05, 0.1) is 0 Å². The summed E-state index contributed by atoms with van der Waals surface area (Å²) in [6, 6.07) is 3.46. The van der Waals surface area contributed by atoms with E-state index >= 15 is 0 Å². The zero-order valence-corrected chi connectivity index (χ0v) is 12.2. The van der Waals surface area contributed by atoms with Gasteiger partial charge in [-0.05, 0) is 18.6 Å². The van der Waals surface area contributed by atoms with Crippen molar-refractivity contribution in [3.8, 4) is 0 Å². The molecule has 2 rings (SSSR count). The maximum atomic E-state index is 13.4. The van der Waals surface area contributed by atoms with Crippen molar-refractivity contribution in [1.82, 2.24) is 15.3 Å². The van der Waals surface area contributed by atoms with Crippen molar-refractivity contribution in [1.29, 1.82) is 0 Å². The molecule has 2 N–H and O–H groups in total. The Bertz CT molecular complexity index is 741. The van der Waals surface area contributed by atoms with Crippen molar-refractivity contribution in [3.63, 3.8) is 0 Å². The highest BCUT2D eigenvalue weighted by Gasteiger charge is 2.21. The molecular weight excluding hydrogens is 316 g/mol. The molecule has 0 fully saturated rings. The molecule has 1 aromatic carbocycles. The topological polar surface area (TPSA) is 91.9 Å². The molecule has 2 aromatic rings. The van der Waals surface area contributed by atoms with Gasteiger partial charge in [-0.3, -0.25) is 4.79 Å². The number of benzene rings is 1. The van der Waals surface area contributed by atoms with E-state index in [2.05, 4.69) is 15.3 Å². The second kappa shape index (κ2) is 6.65. The minimum Gasteiger partial charge on any atom is -0.355 e. The van der Waals surface area contributed by atoms with Crippen molar-refractivity contribution in [2.45, 2.75) is 11.6 Å². The molecule has 0 saturated heterocycles. The highest BCUT2D eigenvalue weighted by atomic mass is 32.2. The Morgan fingerprint density at radius 1 is 1.27 bits per heavy atom. The lowest BCUT2D eigenvalue weighted by Crippen LogP contribution is -2.32. The minimum absolute atomic E-state index is 0.0783. The molecule has 0 aliphatic carbocycles. The molecule has 0 unspecified atom stereocenters. The highest BCUT2D eigenvalue weighted by Crippen LogP contribution is 2.12. The van der Waals surface area contributed by atoms with E-state index in [-0.39, 0.29) is 23.7 Å². The van der Waals surface area contributed by atoms with Crippen molar-refractivity contribution < 1.29 is 22.0 Å². The summed E-state index contributed by atoms with van der Waals surface area (Å²) in [6.07, 6.45) is 2.50. The van der Waals surface area contributed by atoms with Crippen LogP contribution in [0.1, 0.15) is 5.56 Å². The smallest absolute Gasteiger partial charge is 0.235 e. The lowest BCUT2D eigenvalue weighted by Gasteiger charge is -2.07. The third-order valence-electron chi connectivity index (χ3n) is 2.85. The summed E-state index contributed by atoms with van der Waals surface area (Å²) in [7, 11) is -3.85. The molecule has 0 atom stereocenters. The molecule has 6 nitrogen and oxygen atoms in total. The SMILES string of the molecule is O=C(CS(=O)(=O)c1ncc[nH]1)NCCc1c(F)cccc1F. The number of amides is 1. The van der Waals surface area contributed by atoms with Crippen LogP contribution in [0.4, 0.5) is 8.78 Å². The Morgan fingerprint density at radius 2 is 1.95 bits per heavy atom. The molecule has 0 aliphatic heterocycles. The van der Waals surface area contributed by atoms with E-state index in [0.717, 1.165) is 12.1 Å². The van der Waals surface area contributed by atoms with Crippen molar-refractivity contribution in [2.24, 2.45) is 0 Å². The van der Waals surface area contributed by atoms with Crippen LogP contribution in [0.15, 0.2) is 35.7 Å². The molecular formula is C13H13F2N3O3S. The molecule has 1 heterocycles. The number of aromatic nitrogens is 2. The van der Waals surface area contributed by atoms with E-state index in [9.17, 15) is 22.0 Å². The van der Waals surface area contributed by atoms with Crippen molar-refractivity contribution >= 4 is 15.7 Å². The van der Waals surface area contributed by atoms with Gasteiger partial charge in [-0.2, -0.15) is 0 Å². The fourth-order valence-corrected chi connectivity index (χ4v) is 2.86. The Balaban J connectivity index is 1.89. The van der Waals surface area contributed by atoms with Crippen molar-refractivity contribution in [2.75, 3.05) is 12.3 Å². The van der Waals surface area contributed by atoms with E-state index in [1.165, 1.54) is 18.5 Å². The molecule has 0 radical (unpaired) electrons. The second-order valence-corrected chi connectivity index (χ2v) is 6.36. The van der Waals surface area contributed by atoms with E-state index in [1.807, 2.05) is 0 Å². The maximum absolute atomic E-state index is 13.4. The van der Waals surface area contributed by atoms with E-state index in [4.69, 9.17) is 0 Å². The summed E-state index contributed by atoms with van der Waals surface area (Å²) in [5, 5.41) is 2.01. The summed E-state index contributed by atoms with van der Waals surface area (Å²) in [5.74, 6) is -2.98. The number of nitrogens with zero attached hydrogens (tertiary/aromatic N) is 1. The first kappa shape index (κ1) is 16.1. The van der Waals surface area contributed by atoms with Crippen LogP contribution >= 0.6 is 0 Å². The zero-order valence-electron chi connectivity index (χ0n) is 11.3. The van der Waals surface area contributed by atoms with Gasteiger partial charge in [0.2, 0.25) is 20.9 Å². The molecule has 0 aliphatic rings. The van der Waals surface area contributed by atoms with Gasteiger partial charge in [0.15, 0.2) is 0 Å². The van der Waals surface area contributed by atoms with Crippen LogP contribution < -0.4 is 5.32 Å². The third-order valence-corrected chi connectivity index (χ3v) is 4.30. The summed E-state index contributed by atoms with van der Waals surface area (Å²) in [6.45, 7) is -0.0790. The van der Waals surface area contributed by atoms with Gasteiger partial charge < -0.3 is 10.3 Å². The largest absolute Gasteiger partial charge is 0.355 e. The van der Waals surface area contributed by atoms with E-state index in [1.54, 1.807) is 0 Å². The number of hydrogen-bond donors (Lipinski definition) is 2. The van der Waals surface area contributed by atoms with Crippen LogP contribution in [0, 0.1) is 11.6 Å². The Labute approximate surface area is 125 Å². The second-order valence-electron chi connectivity index (χ2n) is 4.45. The number of carbonyl (C=O) groups excluding carboxylic acids is 1. The normalized spacial score (nSPS) is 11.4. The fourth-order valence-electron chi connectivity index (χ4n) is 1.81. The van der Waals surface area contributed by atoms with E-state index < -0.39 is 33.1 Å². The fraction of sp³-hybridized carbons (Fsp3) is 0.231. The highest BCUT2D eigenvalue weighted by molar-refractivity contribution is 7.91. The summed E-state index contributed by atoms with van der Waals surface area (Å²) in [5.41, 5.74) is -0.156. The number of aromatic amines is 1. The molecule has 0 saturated carbocycles. The average Bonchev–Trinajstić information content (AvgIpc) is 2.96. The predicted octanol–water partition coefficient (Wildman–Crippen LogP) is 0.820. The zero-order chi connectivity index (χ0) is 16.2. The first-order chi connectivity index (χ1) is 10.4. The number of rotatable bonds is 6. The van der Waals surface area contributed by atoms with Crippen LogP contribution in [0.25, 0.3) is 0 Å². The van der Waals surface area contributed by atoms with Gasteiger partial charge in [0.1, 0.15) is 17.4 Å². The van der Waals surface area contributed by atoms with Gasteiger partial charge >= 0.3 is 0 Å². The first-order valence-electron chi connectivity index (χ1n) is 6.32. The van der Waals surface area contributed by atoms with Crippen molar-refractivity contribution in [3.05, 3.63) is 47.8 Å². The quantitative estimate of drug-likeness (QED) is 0.821. The Hall–Kier alpha value is -2.29. The number of nitrogens with one attached hydrogen (secondary N) is 2. The third kappa shape index (κ3) is 3.88. The lowest BCUT2D eigenvalue weighted by molar-refractivity contribution is -0.118. The number of hydrogen-bond acceptors (Lipinski definition) is 4. The number of imidazole rings is 1. The van der Waals surface area contributed by atoms with Crippen LogP contribution in [-0.2, 0) is 21.1 Å². The number of H-pyrrole nitrogens is 1. The standard InChI is InChI=1S/C13H13F2N3O3S/c14-10-2-1-3-11(15)9(10)4-5-16-12(19)8-22(20,21)13-17-6-7-18-13/h1-3,6-7H,4-5,8H2,(H,16,19)(H,17,18). The average molecular weight is 329 g/mol. The lowest BCUT2D eigenvalue weighted by atomic mass is 10.1. The summed E-state index contributed by atoms with van der Waals surface area (Å²) < 4.78 is 50.3. The van der Waals surface area contributed by atoms with Crippen LogP contribution in [0.3, 0.4) is 0 Å². The molecule has 0 bridgehead atoms. The monoisotopic (exact) mass is 329 g/mol. The molecule has 0 spiro atoms. The minimum atomic E-state index is -3.85. The maximum Gasteiger partial charge on any atom is 0.235 e. The summed E-state index contributed by atoms with van der Waals surface area (Å²) in [4.78, 5) is 17.6. The van der Waals surface area contributed by atoms with Crippen LogP contribution in [0.5, 0.6) is 0 Å². The Kier molecular flexibility index (Phi) is 4.86. The van der Waals surface area contributed by atoms with Gasteiger partial charge in [-0.1, -0.05) is 6.07 Å². The van der Waals surface area contributed by atoms with Gasteiger partial charge in [-0.15, -0.1) is 0 Å². The number of sulfone groups is 1. The van der Waals surface area contributed by atoms with Gasteiger partial charge in [0.25, 0.3) is 0 Å². The van der Waals surface area contributed by atoms with Gasteiger partial charge in [0, 0.05) is 24.5 Å². The van der Waals surface area contributed by atoms with Gasteiger partial charge in [-0.25, -0.2) is 22.2 Å². The number of halogens is 2.